The lowest BCUT2D eigenvalue weighted by Gasteiger charge is -2.34. The van der Waals surface area contributed by atoms with E-state index in [1.807, 2.05) is 30.3 Å². The van der Waals surface area contributed by atoms with Crippen LogP contribution in [0.4, 0.5) is 5.69 Å². The van der Waals surface area contributed by atoms with Crippen LogP contribution in [0.1, 0.15) is 23.6 Å². The van der Waals surface area contributed by atoms with Crippen LogP contribution in [0.15, 0.2) is 102 Å². The first-order chi connectivity index (χ1) is 21.0. The van der Waals surface area contributed by atoms with E-state index in [4.69, 9.17) is 34.8 Å². The molecular formula is C33H32Cl3N3O4S. The summed E-state index contributed by atoms with van der Waals surface area (Å²) in [5.74, 6) is -0.992. The number of amides is 2. The van der Waals surface area contributed by atoms with E-state index in [1.165, 1.54) is 17.0 Å². The Balaban J connectivity index is 1.84. The molecule has 4 aromatic carbocycles. The third kappa shape index (κ3) is 7.93. The first-order valence-corrected chi connectivity index (χ1v) is 16.5. The molecule has 0 aliphatic carbocycles. The molecular weight excluding hydrogens is 641 g/mol. The molecule has 0 fully saturated rings. The molecule has 0 aromatic heterocycles. The molecule has 11 heteroatoms. The van der Waals surface area contributed by atoms with Gasteiger partial charge in [0, 0.05) is 34.6 Å². The molecule has 7 nitrogen and oxygen atoms in total. The van der Waals surface area contributed by atoms with E-state index in [-0.39, 0.29) is 29.5 Å². The van der Waals surface area contributed by atoms with Crippen LogP contribution in [0.5, 0.6) is 0 Å². The Labute approximate surface area is 273 Å². The van der Waals surface area contributed by atoms with E-state index in [9.17, 15) is 18.0 Å². The Morgan fingerprint density at radius 3 is 2.14 bits per heavy atom. The molecule has 0 spiro atoms. The van der Waals surface area contributed by atoms with Crippen molar-refractivity contribution >= 4 is 62.3 Å². The molecule has 44 heavy (non-hydrogen) atoms. The van der Waals surface area contributed by atoms with Crippen LogP contribution in [0, 0.1) is 6.92 Å². The van der Waals surface area contributed by atoms with Crippen molar-refractivity contribution in [1.82, 2.24) is 10.2 Å². The summed E-state index contributed by atoms with van der Waals surface area (Å²) in [6.07, 6.45) is 0.186. The van der Waals surface area contributed by atoms with Gasteiger partial charge in [-0.1, -0.05) is 95.5 Å². The third-order valence-electron chi connectivity index (χ3n) is 7.10. The number of hydrogen-bond acceptors (Lipinski definition) is 4. The van der Waals surface area contributed by atoms with Gasteiger partial charge in [-0.05, 0) is 66.9 Å². The van der Waals surface area contributed by atoms with Gasteiger partial charge < -0.3 is 10.2 Å². The number of hydrogen-bond donors (Lipinski definition) is 1. The lowest BCUT2D eigenvalue weighted by atomic mass is 10.0. The van der Waals surface area contributed by atoms with Gasteiger partial charge >= 0.3 is 0 Å². The van der Waals surface area contributed by atoms with Gasteiger partial charge in [0.1, 0.15) is 12.6 Å². The summed E-state index contributed by atoms with van der Waals surface area (Å²) in [4.78, 5) is 29.4. The molecule has 2 amide bonds. The van der Waals surface area contributed by atoms with Gasteiger partial charge in [-0.3, -0.25) is 13.9 Å². The highest BCUT2D eigenvalue weighted by atomic mass is 35.5. The largest absolute Gasteiger partial charge is 0.355 e. The SMILES string of the molecule is CCNC(=O)C(Cc1ccccc1)N(Cc1ccc(Cl)cc1Cl)C(=O)CN(c1cccc(Cl)c1C)S(=O)(=O)c1ccccc1. The molecule has 1 atom stereocenters. The molecule has 1 N–H and O–H groups in total. The zero-order valence-electron chi connectivity index (χ0n) is 24.2. The van der Waals surface area contributed by atoms with Gasteiger partial charge in [0.25, 0.3) is 10.0 Å². The number of carbonyl (C=O) groups is 2. The maximum Gasteiger partial charge on any atom is 0.264 e. The van der Waals surface area contributed by atoms with Crippen molar-refractivity contribution in [2.24, 2.45) is 0 Å². The van der Waals surface area contributed by atoms with Gasteiger partial charge in [0.05, 0.1) is 10.6 Å². The maximum absolute atomic E-state index is 14.5. The summed E-state index contributed by atoms with van der Waals surface area (Å²) in [5, 5.41) is 3.90. The second kappa shape index (κ2) is 14.9. The number of nitrogens with one attached hydrogen (secondary N) is 1. The predicted molar refractivity (Wildman–Crippen MR) is 177 cm³/mol. The van der Waals surface area contributed by atoms with Crippen molar-refractivity contribution in [2.45, 2.75) is 37.8 Å². The molecule has 0 radical (unpaired) electrons. The Hall–Kier alpha value is -3.56. The smallest absolute Gasteiger partial charge is 0.264 e. The third-order valence-corrected chi connectivity index (χ3v) is 9.87. The fourth-order valence-corrected chi connectivity index (χ4v) is 6.91. The molecule has 230 valence electrons. The fraction of sp³-hybridized carbons (Fsp3) is 0.212. The van der Waals surface area contributed by atoms with Crippen molar-refractivity contribution in [1.29, 1.82) is 0 Å². The summed E-state index contributed by atoms with van der Waals surface area (Å²) in [7, 11) is -4.24. The topological polar surface area (TPSA) is 86.8 Å². The quantitative estimate of drug-likeness (QED) is 0.177. The van der Waals surface area contributed by atoms with Crippen LogP contribution in [0.3, 0.4) is 0 Å². The van der Waals surface area contributed by atoms with E-state index < -0.39 is 28.5 Å². The molecule has 0 saturated heterocycles. The molecule has 1 unspecified atom stereocenters. The van der Waals surface area contributed by atoms with Crippen LogP contribution in [0.2, 0.25) is 15.1 Å². The van der Waals surface area contributed by atoms with Crippen molar-refractivity contribution in [3.63, 3.8) is 0 Å². The Kier molecular flexibility index (Phi) is 11.3. The fourth-order valence-electron chi connectivity index (χ4n) is 4.78. The molecule has 0 bridgehead atoms. The van der Waals surface area contributed by atoms with E-state index in [1.54, 1.807) is 68.4 Å². The second-order valence-corrected chi connectivity index (χ2v) is 13.2. The highest BCUT2D eigenvalue weighted by molar-refractivity contribution is 7.92. The molecule has 0 heterocycles. The average molecular weight is 673 g/mol. The maximum atomic E-state index is 14.5. The van der Waals surface area contributed by atoms with Gasteiger partial charge in [-0.15, -0.1) is 0 Å². The standard InChI is InChI=1S/C33H32Cl3N3O4S/c1-3-37-33(41)31(19-24-11-6-4-7-12-24)38(21-25-17-18-26(34)20-29(25)36)32(40)22-39(30-16-10-15-28(35)23(30)2)44(42,43)27-13-8-5-9-14-27/h4-18,20,31H,3,19,21-22H2,1-2H3,(H,37,41). The number of rotatable bonds is 12. The number of anilines is 1. The van der Waals surface area contributed by atoms with Gasteiger partial charge in [0.15, 0.2) is 0 Å². The number of nitrogens with zero attached hydrogens (tertiary/aromatic N) is 2. The van der Waals surface area contributed by atoms with Crippen molar-refractivity contribution in [2.75, 3.05) is 17.4 Å². The lowest BCUT2D eigenvalue weighted by Crippen LogP contribution is -2.53. The highest BCUT2D eigenvalue weighted by Gasteiger charge is 2.35. The Morgan fingerprint density at radius 2 is 1.50 bits per heavy atom. The summed E-state index contributed by atoms with van der Waals surface area (Å²) >= 11 is 19.1. The van der Waals surface area contributed by atoms with Gasteiger partial charge in [0.2, 0.25) is 11.8 Å². The van der Waals surface area contributed by atoms with Crippen LogP contribution >= 0.6 is 34.8 Å². The van der Waals surface area contributed by atoms with E-state index in [0.29, 0.717) is 32.7 Å². The van der Waals surface area contributed by atoms with Crippen molar-refractivity contribution in [3.05, 3.63) is 129 Å². The van der Waals surface area contributed by atoms with Crippen LogP contribution in [-0.2, 0) is 32.6 Å². The number of halogens is 3. The van der Waals surface area contributed by atoms with Crippen molar-refractivity contribution < 1.29 is 18.0 Å². The minimum Gasteiger partial charge on any atom is -0.355 e. The van der Waals surface area contributed by atoms with Crippen LogP contribution in [0.25, 0.3) is 0 Å². The molecule has 0 aliphatic heterocycles. The van der Waals surface area contributed by atoms with E-state index >= 15 is 0 Å². The van der Waals surface area contributed by atoms with Gasteiger partial charge in [-0.25, -0.2) is 8.42 Å². The van der Waals surface area contributed by atoms with E-state index in [0.717, 1.165) is 9.87 Å². The number of benzene rings is 4. The highest BCUT2D eigenvalue weighted by Crippen LogP contribution is 2.32. The molecule has 4 rings (SSSR count). The zero-order valence-corrected chi connectivity index (χ0v) is 27.3. The van der Waals surface area contributed by atoms with Crippen LogP contribution in [-0.4, -0.2) is 44.3 Å². The summed E-state index contributed by atoms with van der Waals surface area (Å²) in [6, 6.07) is 25.9. The summed E-state index contributed by atoms with van der Waals surface area (Å²) in [6.45, 7) is 3.14. The summed E-state index contributed by atoms with van der Waals surface area (Å²) in [5.41, 5.74) is 2.10. The monoisotopic (exact) mass is 671 g/mol. The lowest BCUT2D eigenvalue weighted by molar-refractivity contribution is -0.140. The zero-order chi connectivity index (χ0) is 31.9. The first-order valence-electron chi connectivity index (χ1n) is 13.9. The molecule has 4 aromatic rings. The van der Waals surface area contributed by atoms with E-state index in [2.05, 4.69) is 5.32 Å². The second-order valence-electron chi connectivity index (χ2n) is 10.1. The number of carbonyl (C=O) groups excluding carboxylic acids is 2. The summed E-state index contributed by atoms with van der Waals surface area (Å²) < 4.78 is 29.2. The van der Waals surface area contributed by atoms with Crippen molar-refractivity contribution in [3.8, 4) is 0 Å². The van der Waals surface area contributed by atoms with Crippen LogP contribution < -0.4 is 9.62 Å². The Bertz CT molecular complexity index is 1720. The minimum atomic E-state index is -4.24. The molecule has 0 aliphatic rings. The Morgan fingerprint density at radius 1 is 0.841 bits per heavy atom. The number of likely N-dealkylation sites (N-methyl/N-ethyl adjacent to an activating group) is 1. The minimum absolute atomic E-state index is 0.00373. The normalized spacial score (nSPS) is 11.9. The first kappa shape index (κ1) is 33.3. The average Bonchev–Trinajstić information content (AvgIpc) is 3.01. The van der Waals surface area contributed by atoms with Gasteiger partial charge in [-0.2, -0.15) is 0 Å². The molecule has 0 saturated carbocycles. The number of sulfonamides is 1. The predicted octanol–water partition coefficient (Wildman–Crippen LogP) is 6.93.